The van der Waals surface area contributed by atoms with E-state index in [9.17, 15) is 14.9 Å². The predicted molar refractivity (Wildman–Crippen MR) is 115 cm³/mol. The van der Waals surface area contributed by atoms with Gasteiger partial charge in [-0.05, 0) is 37.7 Å². The van der Waals surface area contributed by atoms with E-state index >= 15 is 0 Å². The molecule has 0 fully saturated rings. The van der Waals surface area contributed by atoms with Crippen molar-refractivity contribution in [1.29, 1.82) is 0 Å². The number of thiocarbonyl (C=S) groups is 1. The van der Waals surface area contributed by atoms with E-state index in [0.717, 1.165) is 5.56 Å². The normalized spacial score (nSPS) is 15.8. The predicted octanol–water partition coefficient (Wildman–Crippen LogP) is 3.56. The lowest BCUT2D eigenvalue weighted by atomic mass is 9.91. The van der Waals surface area contributed by atoms with E-state index in [2.05, 4.69) is 10.6 Å². The first kappa shape index (κ1) is 21.3. The van der Waals surface area contributed by atoms with Crippen LogP contribution < -0.4 is 20.1 Å². The second-order valence-corrected chi connectivity index (χ2v) is 7.13. The molecule has 1 atom stereocenters. The Kier molecular flexibility index (Phi) is 6.31. The fourth-order valence-electron chi connectivity index (χ4n) is 3.36. The minimum absolute atomic E-state index is 0.201. The van der Waals surface area contributed by atoms with Gasteiger partial charge in [-0.15, -0.1) is 0 Å². The molecule has 3 rings (SSSR count). The minimum atomic E-state index is -0.784. The average Bonchev–Trinajstić information content (AvgIpc) is 2.71. The van der Waals surface area contributed by atoms with Crippen molar-refractivity contribution in [2.75, 3.05) is 7.11 Å². The zero-order chi connectivity index (χ0) is 21.8. The van der Waals surface area contributed by atoms with Gasteiger partial charge in [-0.25, -0.2) is 0 Å². The zero-order valence-corrected chi connectivity index (χ0v) is 17.5. The molecule has 8 nitrogen and oxygen atoms in total. The number of hydrogen-bond acceptors (Lipinski definition) is 6. The van der Waals surface area contributed by atoms with E-state index in [-0.39, 0.29) is 34.5 Å². The van der Waals surface area contributed by atoms with Crippen molar-refractivity contribution in [1.82, 2.24) is 10.6 Å². The molecule has 1 heterocycles. The number of rotatable bonds is 7. The molecular weight excluding hydrogens is 406 g/mol. The molecule has 1 aliphatic heterocycles. The number of nitrogens with zero attached hydrogens (tertiary/aromatic N) is 1. The molecule has 1 aliphatic rings. The van der Waals surface area contributed by atoms with Gasteiger partial charge < -0.3 is 20.1 Å². The molecule has 9 heteroatoms. The number of hydrogen-bond donors (Lipinski definition) is 2. The fraction of sp³-hybridized carbons (Fsp3) is 0.238. The molecule has 0 amide bonds. The first-order chi connectivity index (χ1) is 14.3. The topological polar surface area (TPSA) is 103 Å². The summed E-state index contributed by atoms with van der Waals surface area (Å²) in [5, 5.41) is 18.0. The van der Waals surface area contributed by atoms with Gasteiger partial charge in [-0.2, -0.15) is 0 Å². The molecule has 2 aromatic rings. The second kappa shape index (κ2) is 8.91. The van der Waals surface area contributed by atoms with Crippen LogP contribution in [0.2, 0.25) is 0 Å². The van der Waals surface area contributed by atoms with Crippen molar-refractivity contribution in [3.05, 3.63) is 75.0 Å². The Morgan fingerprint density at radius 1 is 1.23 bits per heavy atom. The zero-order valence-electron chi connectivity index (χ0n) is 16.7. The molecule has 0 radical (unpaired) electrons. The molecule has 0 spiro atoms. The Morgan fingerprint density at radius 3 is 2.53 bits per heavy atom. The quantitative estimate of drug-likeness (QED) is 0.393. The Morgan fingerprint density at radius 2 is 1.93 bits per heavy atom. The van der Waals surface area contributed by atoms with Gasteiger partial charge in [0.1, 0.15) is 6.61 Å². The molecule has 0 bridgehead atoms. The summed E-state index contributed by atoms with van der Waals surface area (Å²) >= 11 is 5.20. The van der Waals surface area contributed by atoms with E-state index in [0.29, 0.717) is 17.0 Å². The van der Waals surface area contributed by atoms with Crippen LogP contribution in [0.1, 0.15) is 31.0 Å². The van der Waals surface area contributed by atoms with E-state index in [1.807, 2.05) is 30.3 Å². The number of benzene rings is 2. The first-order valence-electron chi connectivity index (χ1n) is 9.14. The van der Waals surface area contributed by atoms with Crippen LogP contribution in [0.4, 0.5) is 5.69 Å². The SMILES string of the molecule is COc1cc([C@@H]2NC(=S)NC(C)=C2C(C)=O)c([N+](=O)[O-])cc1OCc1ccccc1. The summed E-state index contributed by atoms with van der Waals surface area (Å²) in [4.78, 5) is 23.6. The van der Waals surface area contributed by atoms with Gasteiger partial charge in [0.25, 0.3) is 5.69 Å². The fourth-order valence-corrected chi connectivity index (χ4v) is 3.63. The standard InChI is InChI=1S/C21H21N3O5S/c1-12-19(13(2)25)20(23-21(30)22-12)15-9-17(28-3)18(10-16(15)24(26)27)29-11-14-7-5-4-6-8-14/h4-10,20H,11H2,1-3H3,(H2,22,23,30)/t20-/m0/s1. The van der Waals surface area contributed by atoms with Crippen LogP contribution in [0.25, 0.3) is 0 Å². The Hall–Kier alpha value is -3.46. The van der Waals surface area contributed by atoms with E-state index in [1.54, 1.807) is 6.92 Å². The highest BCUT2D eigenvalue weighted by Crippen LogP contribution is 2.41. The number of carbonyl (C=O) groups is 1. The van der Waals surface area contributed by atoms with Crippen LogP contribution in [0.5, 0.6) is 11.5 Å². The number of carbonyl (C=O) groups excluding carboxylic acids is 1. The highest BCUT2D eigenvalue weighted by Gasteiger charge is 2.34. The van der Waals surface area contributed by atoms with Crippen molar-refractivity contribution in [3.63, 3.8) is 0 Å². The molecule has 0 aliphatic carbocycles. The summed E-state index contributed by atoms with van der Waals surface area (Å²) in [6, 6.07) is 11.5. The molecular formula is C21H21N3O5S. The third-order valence-electron chi connectivity index (χ3n) is 4.71. The third-order valence-corrected chi connectivity index (χ3v) is 4.93. The highest BCUT2D eigenvalue weighted by molar-refractivity contribution is 7.80. The van der Waals surface area contributed by atoms with Gasteiger partial charge in [-0.1, -0.05) is 30.3 Å². The summed E-state index contributed by atoms with van der Waals surface area (Å²) in [6.07, 6.45) is 0. The van der Waals surface area contributed by atoms with E-state index in [1.165, 1.54) is 26.2 Å². The molecule has 2 aromatic carbocycles. The number of nitro groups is 1. The maximum absolute atomic E-state index is 12.3. The highest BCUT2D eigenvalue weighted by atomic mass is 32.1. The van der Waals surface area contributed by atoms with Crippen LogP contribution in [-0.2, 0) is 11.4 Å². The average molecular weight is 427 g/mol. The van der Waals surface area contributed by atoms with Crippen molar-refractivity contribution >= 4 is 28.8 Å². The number of ether oxygens (including phenoxy) is 2. The Balaban J connectivity index is 2.06. The first-order valence-corrected chi connectivity index (χ1v) is 9.55. The van der Waals surface area contributed by atoms with Crippen LogP contribution in [0.15, 0.2) is 53.7 Å². The lowest BCUT2D eigenvalue weighted by Gasteiger charge is -2.30. The summed E-state index contributed by atoms with van der Waals surface area (Å²) in [7, 11) is 1.45. The third kappa shape index (κ3) is 4.41. The molecule has 30 heavy (non-hydrogen) atoms. The molecule has 0 unspecified atom stereocenters. The molecule has 2 N–H and O–H groups in total. The summed E-state index contributed by atoms with van der Waals surface area (Å²) < 4.78 is 11.2. The summed E-state index contributed by atoms with van der Waals surface area (Å²) in [6.45, 7) is 3.34. The number of methoxy groups -OCH3 is 1. The Labute approximate surface area is 179 Å². The lowest BCUT2D eigenvalue weighted by Crippen LogP contribution is -2.44. The minimum Gasteiger partial charge on any atom is -0.493 e. The summed E-state index contributed by atoms with van der Waals surface area (Å²) in [5.74, 6) is 0.328. The maximum Gasteiger partial charge on any atom is 0.279 e. The van der Waals surface area contributed by atoms with Gasteiger partial charge in [0.05, 0.1) is 29.7 Å². The number of Topliss-reactive ketones (excluding diaryl/α,β-unsaturated/α-hetero) is 1. The Bertz CT molecular complexity index is 1040. The molecule has 0 aromatic heterocycles. The second-order valence-electron chi connectivity index (χ2n) is 6.72. The largest absolute Gasteiger partial charge is 0.493 e. The van der Waals surface area contributed by atoms with E-state index < -0.39 is 11.0 Å². The number of allylic oxidation sites excluding steroid dienone is 1. The van der Waals surface area contributed by atoms with Crippen LogP contribution in [0.3, 0.4) is 0 Å². The molecule has 0 saturated carbocycles. The van der Waals surface area contributed by atoms with Gasteiger partial charge >= 0.3 is 0 Å². The number of ketones is 1. The van der Waals surface area contributed by atoms with Gasteiger partial charge in [-0.3, -0.25) is 14.9 Å². The van der Waals surface area contributed by atoms with Crippen molar-refractivity contribution in [2.24, 2.45) is 0 Å². The monoisotopic (exact) mass is 427 g/mol. The van der Waals surface area contributed by atoms with Crippen LogP contribution in [-0.4, -0.2) is 22.9 Å². The van der Waals surface area contributed by atoms with Gasteiger partial charge in [0.2, 0.25) is 0 Å². The van der Waals surface area contributed by atoms with Gasteiger partial charge in [0.15, 0.2) is 22.4 Å². The number of nitrogens with one attached hydrogen (secondary N) is 2. The van der Waals surface area contributed by atoms with E-state index in [4.69, 9.17) is 21.7 Å². The number of nitro benzene ring substituents is 1. The van der Waals surface area contributed by atoms with Crippen molar-refractivity contribution in [2.45, 2.75) is 26.5 Å². The van der Waals surface area contributed by atoms with Crippen molar-refractivity contribution in [3.8, 4) is 11.5 Å². The lowest BCUT2D eigenvalue weighted by molar-refractivity contribution is -0.385. The maximum atomic E-state index is 12.3. The molecule has 156 valence electrons. The van der Waals surface area contributed by atoms with Crippen LogP contribution in [0, 0.1) is 10.1 Å². The van der Waals surface area contributed by atoms with Crippen molar-refractivity contribution < 1.29 is 19.2 Å². The molecule has 0 saturated heterocycles. The van der Waals surface area contributed by atoms with Crippen LogP contribution >= 0.6 is 12.2 Å². The van der Waals surface area contributed by atoms with Gasteiger partial charge in [0, 0.05) is 11.3 Å². The smallest absolute Gasteiger partial charge is 0.279 e. The summed E-state index contributed by atoms with van der Waals surface area (Å²) in [5.41, 5.74) is 1.89.